The predicted octanol–water partition coefficient (Wildman–Crippen LogP) is -11.3. The van der Waals surface area contributed by atoms with Crippen LogP contribution in [0.4, 0.5) is 0 Å². The molecule has 0 unspecified atom stereocenters. The summed E-state index contributed by atoms with van der Waals surface area (Å²) in [7, 11) is -5.28. The van der Waals surface area contributed by atoms with Gasteiger partial charge in [-0.3, -0.25) is 0 Å². The Kier molecular flexibility index (Phi) is 16.0. The number of rotatable bonds is 4. The van der Waals surface area contributed by atoms with Gasteiger partial charge in [0.15, 0.2) is 0 Å². The molecule has 20 heavy (non-hydrogen) atoms. The molecular weight excluding hydrogens is 326 g/mol. The number of aliphatic hydroxyl groups is 2. The van der Waals surface area contributed by atoms with Crippen LogP contribution in [0.2, 0.25) is 0 Å². The van der Waals surface area contributed by atoms with Crippen molar-refractivity contribution in [3.63, 3.8) is 0 Å². The Morgan fingerprint density at radius 2 is 1.80 bits per heavy atom. The Morgan fingerprint density at radius 3 is 2.15 bits per heavy atom. The molecule has 14 heteroatoms. The molecule has 2 atom stereocenters. The van der Waals surface area contributed by atoms with Crippen molar-refractivity contribution in [3.8, 4) is 0 Å². The third-order valence-electron chi connectivity index (χ3n) is 1.62. The van der Waals surface area contributed by atoms with E-state index < -0.39 is 46.7 Å². The summed E-state index contributed by atoms with van der Waals surface area (Å²) >= 11 is 0. The molecule has 6 N–H and O–H groups in total. The molecule has 0 fully saturated rings. The van der Waals surface area contributed by atoms with Crippen LogP contribution >= 0.6 is 0 Å². The first-order valence-electron chi connectivity index (χ1n) is 3.82. The van der Waals surface area contributed by atoms with Crippen molar-refractivity contribution in [1.82, 2.24) is 0 Å². The molecule has 1 aliphatic heterocycles. The van der Waals surface area contributed by atoms with E-state index in [2.05, 4.69) is 8.92 Å². The summed E-state index contributed by atoms with van der Waals surface area (Å²) in [6.45, 7) is -0.888. The summed E-state index contributed by atoms with van der Waals surface area (Å²) in [6, 6.07) is 0. The molecule has 0 spiro atoms. The zero-order valence-corrected chi connectivity index (χ0v) is 15.3. The average Bonchev–Trinajstić information content (AvgIpc) is 2.42. The molecule has 1 heterocycles. The van der Waals surface area contributed by atoms with Gasteiger partial charge in [-0.15, -0.1) is 0 Å². The van der Waals surface area contributed by atoms with Gasteiger partial charge in [-0.2, -0.15) is 0 Å². The fourth-order valence-corrected chi connectivity index (χ4v) is 1.33. The second-order valence-corrected chi connectivity index (χ2v) is 3.74. The van der Waals surface area contributed by atoms with E-state index in [1.165, 1.54) is 0 Å². The normalized spacial score (nSPS) is 18.6. The second kappa shape index (κ2) is 11.2. The molecule has 1 aliphatic rings. The number of ether oxygens (including phenoxy) is 1. The number of carbonyl (C=O) groups is 1. The van der Waals surface area contributed by atoms with Crippen LogP contribution in [0.15, 0.2) is 11.5 Å². The third kappa shape index (κ3) is 7.53. The molecule has 0 bridgehead atoms. The molecule has 108 valence electrons. The molecule has 0 aromatic heterocycles. The number of hydrogen-bond acceptors (Lipinski definition) is 9. The fourth-order valence-electron chi connectivity index (χ4n) is 0.978. The SMILES string of the molecule is O.O.O=C1O[C@H]([C@@H](O)CO)C([O-])=C1OS(=O)(=O)[O-].[Na+].[Na+]. The van der Waals surface area contributed by atoms with E-state index in [9.17, 15) is 22.9 Å². The molecule has 0 saturated carbocycles. The number of aliphatic hydroxyl groups excluding tert-OH is 2. The van der Waals surface area contributed by atoms with Crippen molar-refractivity contribution in [2.45, 2.75) is 12.2 Å². The van der Waals surface area contributed by atoms with Crippen LogP contribution in [0.1, 0.15) is 0 Å². The van der Waals surface area contributed by atoms with E-state index in [4.69, 9.17) is 10.2 Å². The molecule has 11 nitrogen and oxygen atoms in total. The van der Waals surface area contributed by atoms with Crippen molar-refractivity contribution in [2.24, 2.45) is 0 Å². The van der Waals surface area contributed by atoms with Gasteiger partial charge in [0.25, 0.3) is 10.4 Å². The minimum atomic E-state index is -5.28. The number of cyclic esters (lactones) is 1. The van der Waals surface area contributed by atoms with E-state index in [0.29, 0.717) is 0 Å². The van der Waals surface area contributed by atoms with E-state index in [-0.39, 0.29) is 70.1 Å². The van der Waals surface area contributed by atoms with Gasteiger partial charge in [-0.25, -0.2) is 13.2 Å². The summed E-state index contributed by atoms with van der Waals surface area (Å²) in [5.74, 6) is -4.12. The summed E-state index contributed by atoms with van der Waals surface area (Å²) in [5.41, 5.74) is 0. The number of hydrogen-bond donors (Lipinski definition) is 2. The van der Waals surface area contributed by atoms with Gasteiger partial charge < -0.3 is 39.7 Å². The second-order valence-electron chi connectivity index (χ2n) is 2.76. The minimum absolute atomic E-state index is 0. The number of carbonyl (C=O) groups excluding carboxylic acids is 1. The molecule has 0 aromatic rings. The van der Waals surface area contributed by atoms with Gasteiger partial charge in [0.1, 0.15) is 12.2 Å². The van der Waals surface area contributed by atoms with Crippen molar-refractivity contribution >= 4 is 16.4 Å². The van der Waals surface area contributed by atoms with E-state index >= 15 is 0 Å². The maximum absolute atomic E-state index is 11.2. The molecule has 0 aliphatic carbocycles. The third-order valence-corrected chi connectivity index (χ3v) is 1.99. The van der Waals surface area contributed by atoms with Crippen LogP contribution < -0.4 is 64.2 Å². The monoisotopic (exact) mass is 336 g/mol. The summed E-state index contributed by atoms with van der Waals surface area (Å²) in [5, 5.41) is 28.7. The smallest absolute Gasteiger partial charge is 0.870 e. The quantitative estimate of drug-likeness (QED) is 0.215. The van der Waals surface area contributed by atoms with Crippen LogP contribution in [-0.4, -0.2) is 58.9 Å². The Balaban J connectivity index is -0.000000320. The van der Waals surface area contributed by atoms with Crippen molar-refractivity contribution < 1.29 is 112 Å². The summed E-state index contributed by atoms with van der Waals surface area (Å²) < 4.78 is 38.2. The number of esters is 1. The predicted molar refractivity (Wildman–Crippen MR) is 48.0 cm³/mol. The van der Waals surface area contributed by atoms with Gasteiger partial charge in [0, 0.05) is 0 Å². The van der Waals surface area contributed by atoms with Crippen molar-refractivity contribution in [1.29, 1.82) is 0 Å². The fraction of sp³-hybridized carbons (Fsp3) is 0.500. The molecular formula is C6H10Na2O11S. The first-order valence-corrected chi connectivity index (χ1v) is 5.16. The first kappa shape index (κ1) is 28.7. The van der Waals surface area contributed by atoms with Crippen molar-refractivity contribution in [2.75, 3.05) is 6.61 Å². The minimum Gasteiger partial charge on any atom is -0.870 e. The van der Waals surface area contributed by atoms with Gasteiger partial charge in [0.05, 0.1) is 6.61 Å². The molecule has 0 saturated heterocycles. The zero-order valence-electron chi connectivity index (χ0n) is 10.5. The Labute approximate surface area is 157 Å². The van der Waals surface area contributed by atoms with Crippen molar-refractivity contribution in [3.05, 3.63) is 11.5 Å². The van der Waals surface area contributed by atoms with Crippen LogP contribution in [0.25, 0.3) is 0 Å². The molecule has 1 rings (SSSR count). The standard InChI is InChI=1S/C6H8O9S.2Na.2H2O/c7-1-2(8)4-3(9)5(6(10)14-4)15-16(11,12)13;;;;/h2,4,7-9H,1H2,(H,11,12,13);;;2*1H2/q;2*+1;;/p-2/t2-,4+;;;;/m0..../s1. The van der Waals surface area contributed by atoms with E-state index in [0.717, 1.165) is 0 Å². The Hall–Kier alpha value is 0.560. The first-order chi connectivity index (χ1) is 7.26. The average molecular weight is 336 g/mol. The maximum atomic E-state index is 11.2. The van der Waals surface area contributed by atoms with Crippen LogP contribution in [0, 0.1) is 0 Å². The van der Waals surface area contributed by atoms with Crippen LogP contribution in [0.5, 0.6) is 0 Å². The Morgan fingerprint density at radius 1 is 1.35 bits per heavy atom. The van der Waals surface area contributed by atoms with Crippen LogP contribution in [0.3, 0.4) is 0 Å². The van der Waals surface area contributed by atoms with E-state index in [1.807, 2.05) is 0 Å². The largest absolute Gasteiger partial charge is 1.00 e. The topological polar surface area (TPSA) is 219 Å². The summed E-state index contributed by atoms with van der Waals surface area (Å²) in [6.07, 6.45) is -3.49. The van der Waals surface area contributed by atoms with E-state index in [1.54, 1.807) is 0 Å². The Bertz CT molecular complexity index is 432. The van der Waals surface area contributed by atoms with Gasteiger partial charge in [-0.1, -0.05) is 0 Å². The molecule has 0 radical (unpaired) electrons. The van der Waals surface area contributed by atoms with Crippen LogP contribution in [-0.2, 0) is 24.1 Å². The van der Waals surface area contributed by atoms with Gasteiger partial charge >= 0.3 is 65.1 Å². The maximum Gasteiger partial charge on any atom is 1.00 e. The summed E-state index contributed by atoms with van der Waals surface area (Å²) in [4.78, 5) is 10.9. The van der Waals surface area contributed by atoms with Gasteiger partial charge in [-0.05, 0) is 5.76 Å². The molecule has 0 amide bonds. The molecule has 0 aromatic carbocycles. The zero-order chi connectivity index (χ0) is 12.5. The van der Waals surface area contributed by atoms with Gasteiger partial charge in [0.2, 0.25) is 5.76 Å².